The maximum Gasteiger partial charge on any atom is 0.306 e. The summed E-state index contributed by atoms with van der Waals surface area (Å²) in [5.74, 6) is -1.69. The summed E-state index contributed by atoms with van der Waals surface area (Å²) in [6.45, 7) is -0.518. The molecule has 2 aromatic carbocycles. The van der Waals surface area contributed by atoms with Crippen LogP contribution in [0.2, 0.25) is 20.1 Å². The monoisotopic (exact) mass is 462 g/mol. The number of hydrogen-bond donors (Lipinski definition) is 2. The maximum absolute atomic E-state index is 11.9. The van der Waals surface area contributed by atoms with Crippen LogP contribution in [0.5, 0.6) is 0 Å². The van der Waals surface area contributed by atoms with Gasteiger partial charge in [-0.1, -0.05) is 52.5 Å². The van der Waals surface area contributed by atoms with Gasteiger partial charge in [-0.05, 0) is 30.3 Å². The second kappa shape index (κ2) is 10.5. The highest BCUT2D eigenvalue weighted by Gasteiger charge is 2.13. The highest BCUT2D eigenvalue weighted by atomic mass is 35.5. The van der Waals surface area contributed by atoms with E-state index in [1.165, 1.54) is 6.07 Å². The van der Waals surface area contributed by atoms with E-state index in [1.807, 2.05) is 0 Å². The van der Waals surface area contributed by atoms with Crippen molar-refractivity contribution in [3.8, 4) is 0 Å². The number of amides is 2. The molecule has 2 amide bonds. The van der Waals surface area contributed by atoms with Crippen molar-refractivity contribution in [2.24, 2.45) is 0 Å². The molecule has 28 heavy (non-hydrogen) atoms. The Morgan fingerprint density at radius 3 is 2.29 bits per heavy atom. The van der Waals surface area contributed by atoms with Gasteiger partial charge in [0.15, 0.2) is 6.61 Å². The van der Waals surface area contributed by atoms with Crippen molar-refractivity contribution < 1.29 is 19.1 Å². The summed E-state index contributed by atoms with van der Waals surface area (Å²) >= 11 is 23.5. The van der Waals surface area contributed by atoms with E-state index in [2.05, 4.69) is 10.6 Å². The molecule has 2 N–H and O–H groups in total. The Morgan fingerprint density at radius 2 is 1.57 bits per heavy atom. The van der Waals surface area contributed by atoms with Gasteiger partial charge in [0, 0.05) is 12.1 Å². The lowest BCUT2D eigenvalue weighted by atomic mass is 10.2. The summed E-state index contributed by atoms with van der Waals surface area (Å²) < 4.78 is 4.84. The minimum atomic E-state index is -0.698. The van der Waals surface area contributed by atoms with Gasteiger partial charge in [0.05, 0.1) is 32.2 Å². The van der Waals surface area contributed by atoms with Gasteiger partial charge >= 0.3 is 5.97 Å². The zero-order valence-electron chi connectivity index (χ0n) is 14.2. The van der Waals surface area contributed by atoms with E-state index in [-0.39, 0.29) is 22.9 Å². The van der Waals surface area contributed by atoms with E-state index in [9.17, 15) is 14.4 Å². The first kappa shape index (κ1) is 22.3. The SMILES string of the molecule is O=C(CCC(=O)OCC(=O)Nc1cccc(Cl)c1Cl)Nc1ccc(Cl)c(Cl)c1. The lowest BCUT2D eigenvalue weighted by Crippen LogP contribution is -2.22. The molecule has 0 aliphatic heterocycles. The quantitative estimate of drug-likeness (QED) is 0.552. The molecule has 0 fully saturated rings. The van der Waals surface area contributed by atoms with Crippen LogP contribution < -0.4 is 10.6 Å². The Labute approximate surface area is 181 Å². The third-order valence-corrected chi connectivity index (χ3v) is 4.91. The molecule has 0 spiro atoms. The first-order valence-corrected chi connectivity index (χ1v) is 9.42. The number of esters is 1. The number of carbonyl (C=O) groups is 3. The van der Waals surface area contributed by atoms with Gasteiger partial charge in [-0.25, -0.2) is 0 Å². The fraction of sp³-hybridized carbons (Fsp3) is 0.167. The topological polar surface area (TPSA) is 84.5 Å². The number of halogens is 4. The number of anilines is 2. The molecule has 0 aromatic heterocycles. The highest BCUT2D eigenvalue weighted by Crippen LogP contribution is 2.29. The molecule has 0 aliphatic carbocycles. The largest absolute Gasteiger partial charge is 0.456 e. The summed E-state index contributed by atoms with van der Waals surface area (Å²) in [6, 6.07) is 9.35. The Hall–Kier alpha value is -1.99. The van der Waals surface area contributed by atoms with Crippen LogP contribution in [0.25, 0.3) is 0 Å². The van der Waals surface area contributed by atoms with Gasteiger partial charge in [0.1, 0.15) is 0 Å². The second-order valence-electron chi connectivity index (χ2n) is 5.49. The molecule has 0 unspecified atom stereocenters. The average Bonchev–Trinajstić information content (AvgIpc) is 2.65. The van der Waals surface area contributed by atoms with Crippen molar-refractivity contribution in [2.45, 2.75) is 12.8 Å². The Kier molecular flexibility index (Phi) is 8.38. The van der Waals surface area contributed by atoms with Crippen LogP contribution in [0, 0.1) is 0 Å². The molecule has 0 radical (unpaired) electrons. The van der Waals surface area contributed by atoms with Gasteiger partial charge in [-0.2, -0.15) is 0 Å². The van der Waals surface area contributed by atoms with Crippen LogP contribution in [0.15, 0.2) is 36.4 Å². The smallest absolute Gasteiger partial charge is 0.306 e. The fourth-order valence-electron chi connectivity index (χ4n) is 2.02. The highest BCUT2D eigenvalue weighted by molar-refractivity contribution is 6.44. The van der Waals surface area contributed by atoms with Gasteiger partial charge < -0.3 is 15.4 Å². The van der Waals surface area contributed by atoms with E-state index in [0.717, 1.165) is 0 Å². The third kappa shape index (κ3) is 6.87. The number of nitrogens with one attached hydrogen (secondary N) is 2. The van der Waals surface area contributed by atoms with Crippen LogP contribution in [0.4, 0.5) is 11.4 Å². The predicted molar refractivity (Wildman–Crippen MR) is 110 cm³/mol. The van der Waals surface area contributed by atoms with Crippen molar-refractivity contribution in [2.75, 3.05) is 17.2 Å². The van der Waals surface area contributed by atoms with Crippen LogP contribution in [0.3, 0.4) is 0 Å². The number of hydrogen-bond acceptors (Lipinski definition) is 4. The summed E-state index contributed by atoms with van der Waals surface area (Å²) in [4.78, 5) is 35.4. The minimum Gasteiger partial charge on any atom is -0.456 e. The average molecular weight is 464 g/mol. The van der Waals surface area contributed by atoms with E-state index >= 15 is 0 Å². The molecular formula is C18H14Cl4N2O4. The summed E-state index contributed by atoms with van der Waals surface area (Å²) in [5, 5.41) is 6.18. The van der Waals surface area contributed by atoms with Crippen molar-refractivity contribution in [1.29, 1.82) is 0 Å². The second-order valence-corrected chi connectivity index (χ2v) is 7.09. The van der Waals surface area contributed by atoms with Crippen LogP contribution >= 0.6 is 46.4 Å². The van der Waals surface area contributed by atoms with Gasteiger partial charge in [0.2, 0.25) is 5.91 Å². The maximum atomic E-state index is 11.9. The normalized spacial score (nSPS) is 10.3. The Bertz CT molecular complexity index is 905. The molecule has 6 nitrogen and oxygen atoms in total. The molecule has 0 heterocycles. The molecule has 0 bridgehead atoms. The van der Waals surface area contributed by atoms with Crippen molar-refractivity contribution >= 4 is 75.6 Å². The van der Waals surface area contributed by atoms with Gasteiger partial charge in [0.25, 0.3) is 5.91 Å². The number of ether oxygens (including phenoxy) is 1. The number of rotatable bonds is 7. The zero-order valence-corrected chi connectivity index (χ0v) is 17.3. The van der Waals surface area contributed by atoms with Gasteiger partial charge in [-0.15, -0.1) is 0 Å². The fourth-order valence-corrected chi connectivity index (χ4v) is 2.66. The summed E-state index contributed by atoms with van der Waals surface area (Å²) in [7, 11) is 0. The number of carbonyl (C=O) groups excluding carboxylic acids is 3. The molecule has 0 saturated heterocycles. The zero-order chi connectivity index (χ0) is 20.7. The molecule has 0 aliphatic rings. The molecule has 10 heteroatoms. The molecular weight excluding hydrogens is 450 g/mol. The van der Waals surface area contributed by atoms with Crippen LogP contribution in [-0.4, -0.2) is 24.4 Å². The first-order chi connectivity index (χ1) is 13.3. The predicted octanol–water partition coefficient (Wildman–Crippen LogP) is 5.20. The minimum absolute atomic E-state index is 0.124. The van der Waals surface area contributed by atoms with E-state index in [0.29, 0.717) is 21.4 Å². The third-order valence-electron chi connectivity index (χ3n) is 3.35. The molecule has 0 atom stereocenters. The van der Waals surface area contributed by atoms with Crippen molar-refractivity contribution in [3.05, 3.63) is 56.5 Å². The molecule has 2 rings (SSSR count). The lowest BCUT2D eigenvalue weighted by molar-refractivity contribution is -0.147. The molecule has 0 saturated carbocycles. The van der Waals surface area contributed by atoms with Crippen molar-refractivity contribution in [3.63, 3.8) is 0 Å². The van der Waals surface area contributed by atoms with Crippen LogP contribution in [0.1, 0.15) is 12.8 Å². The Balaban J connectivity index is 1.73. The Morgan fingerprint density at radius 1 is 0.821 bits per heavy atom. The van der Waals surface area contributed by atoms with E-state index in [1.54, 1.807) is 30.3 Å². The molecule has 2 aromatic rings. The summed E-state index contributed by atoms with van der Waals surface area (Å²) in [6.07, 6.45) is -0.320. The standard InChI is InChI=1S/C18H14Cl4N2O4/c19-11-5-4-10(8-13(11)21)23-15(25)6-7-17(27)28-9-16(26)24-14-3-1-2-12(20)18(14)22/h1-5,8H,6-7,9H2,(H,23,25)(H,24,26). The number of benzene rings is 2. The lowest BCUT2D eigenvalue weighted by Gasteiger charge is -2.09. The molecule has 148 valence electrons. The van der Waals surface area contributed by atoms with E-state index in [4.69, 9.17) is 51.1 Å². The summed E-state index contributed by atoms with van der Waals surface area (Å²) in [5.41, 5.74) is 0.752. The van der Waals surface area contributed by atoms with Crippen molar-refractivity contribution in [1.82, 2.24) is 0 Å². The first-order valence-electron chi connectivity index (χ1n) is 7.90. The van der Waals surface area contributed by atoms with Gasteiger partial charge in [-0.3, -0.25) is 14.4 Å². The van der Waals surface area contributed by atoms with Crippen LogP contribution in [-0.2, 0) is 19.1 Å². The van der Waals surface area contributed by atoms with E-state index < -0.39 is 24.4 Å².